The molecule has 1 atom stereocenters. The molecule has 0 amide bonds. The standard InChI is InChI=1S/C23H20N4O5S/c1-2-33(30,31)21-7-6-14(13-25-21)16-12-20-19(11-17(16)15-8-10-32-23(15)28)26-22(27(20)29)18-5-3-4-9-24-18/h3-7,9,11-13,15,29H,2,8,10H2,1H3. The van der Waals surface area contributed by atoms with Gasteiger partial charge in [-0.2, -0.15) is 4.73 Å². The van der Waals surface area contributed by atoms with Crippen LogP contribution in [0, 0.1) is 0 Å². The highest BCUT2D eigenvalue weighted by Crippen LogP contribution is 2.38. The molecule has 0 spiro atoms. The molecular weight excluding hydrogens is 444 g/mol. The van der Waals surface area contributed by atoms with Crippen molar-refractivity contribution in [2.75, 3.05) is 12.4 Å². The number of hydrogen-bond donors (Lipinski definition) is 1. The summed E-state index contributed by atoms with van der Waals surface area (Å²) in [6.07, 6.45) is 3.59. The summed E-state index contributed by atoms with van der Waals surface area (Å²) in [6, 6.07) is 11.9. The first-order valence-electron chi connectivity index (χ1n) is 10.4. The van der Waals surface area contributed by atoms with E-state index in [1.54, 1.807) is 49.5 Å². The van der Waals surface area contributed by atoms with Crippen LogP contribution in [0.4, 0.5) is 0 Å². The van der Waals surface area contributed by atoms with E-state index in [0.717, 1.165) is 4.73 Å². The summed E-state index contributed by atoms with van der Waals surface area (Å²) >= 11 is 0. The average molecular weight is 465 g/mol. The zero-order valence-electron chi connectivity index (χ0n) is 17.7. The predicted octanol–water partition coefficient (Wildman–Crippen LogP) is 3.22. The smallest absolute Gasteiger partial charge is 0.313 e. The van der Waals surface area contributed by atoms with Gasteiger partial charge in [0.2, 0.25) is 0 Å². The lowest BCUT2D eigenvalue weighted by atomic mass is 9.89. The first-order chi connectivity index (χ1) is 15.9. The molecule has 1 aliphatic rings. The van der Waals surface area contributed by atoms with Crippen LogP contribution in [0.2, 0.25) is 0 Å². The Balaban J connectivity index is 1.71. The van der Waals surface area contributed by atoms with Gasteiger partial charge in [0.1, 0.15) is 11.2 Å². The Morgan fingerprint density at radius 3 is 2.67 bits per heavy atom. The Labute approximate surface area is 189 Å². The van der Waals surface area contributed by atoms with Crippen molar-refractivity contribution in [1.29, 1.82) is 0 Å². The maximum atomic E-state index is 12.4. The fourth-order valence-electron chi connectivity index (χ4n) is 3.98. The lowest BCUT2D eigenvalue weighted by Gasteiger charge is -2.14. The van der Waals surface area contributed by atoms with Gasteiger partial charge < -0.3 is 9.94 Å². The van der Waals surface area contributed by atoms with Crippen molar-refractivity contribution in [1.82, 2.24) is 19.7 Å². The number of cyclic esters (lactones) is 1. The van der Waals surface area contributed by atoms with Crippen LogP contribution in [0.25, 0.3) is 33.7 Å². The van der Waals surface area contributed by atoms with Crippen LogP contribution < -0.4 is 0 Å². The lowest BCUT2D eigenvalue weighted by Crippen LogP contribution is -2.08. The van der Waals surface area contributed by atoms with Crippen molar-refractivity contribution in [2.24, 2.45) is 0 Å². The number of benzene rings is 1. The molecule has 5 rings (SSSR count). The van der Waals surface area contributed by atoms with Gasteiger partial charge in [-0.25, -0.2) is 18.4 Å². The number of imidazole rings is 1. The quantitative estimate of drug-likeness (QED) is 0.353. The number of rotatable bonds is 5. The van der Waals surface area contributed by atoms with E-state index in [2.05, 4.69) is 15.0 Å². The van der Waals surface area contributed by atoms with Gasteiger partial charge in [0.05, 0.1) is 23.8 Å². The number of ether oxygens (including phenoxy) is 1. The van der Waals surface area contributed by atoms with Crippen LogP contribution in [-0.2, 0) is 19.4 Å². The molecule has 4 aromatic rings. The molecule has 0 radical (unpaired) electrons. The molecule has 0 saturated carbocycles. The second kappa shape index (κ2) is 7.96. The van der Waals surface area contributed by atoms with Crippen molar-refractivity contribution < 1.29 is 23.2 Å². The Hall–Kier alpha value is -3.79. The molecule has 1 N–H and O–H groups in total. The van der Waals surface area contributed by atoms with Gasteiger partial charge in [0.15, 0.2) is 20.7 Å². The van der Waals surface area contributed by atoms with E-state index < -0.39 is 15.8 Å². The SMILES string of the molecule is CCS(=O)(=O)c1ccc(-c2cc3c(cc2C2CCOC2=O)nc(-c2ccccn2)n3O)cn1. The van der Waals surface area contributed by atoms with E-state index in [-0.39, 0.29) is 22.6 Å². The van der Waals surface area contributed by atoms with E-state index in [9.17, 15) is 18.4 Å². The van der Waals surface area contributed by atoms with Gasteiger partial charge >= 0.3 is 5.97 Å². The number of nitrogens with zero attached hydrogens (tertiary/aromatic N) is 4. The molecule has 33 heavy (non-hydrogen) atoms. The van der Waals surface area contributed by atoms with Crippen molar-refractivity contribution in [2.45, 2.75) is 24.3 Å². The van der Waals surface area contributed by atoms with Gasteiger partial charge in [-0.05, 0) is 53.9 Å². The average Bonchev–Trinajstić information content (AvgIpc) is 3.41. The minimum absolute atomic E-state index is 0.0127. The van der Waals surface area contributed by atoms with Crippen molar-refractivity contribution in [3.05, 3.63) is 60.4 Å². The molecule has 1 aromatic carbocycles. The third-order valence-electron chi connectivity index (χ3n) is 5.75. The molecule has 0 aliphatic carbocycles. The van der Waals surface area contributed by atoms with Gasteiger partial charge in [0.25, 0.3) is 0 Å². The van der Waals surface area contributed by atoms with Crippen LogP contribution >= 0.6 is 0 Å². The third-order valence-corrected chi connectivity index (χ3v) is 7.39. The zero-order valence-corrected chi connectivity index (χ0v) is 18.5. The topological polar surface area (TPSA) is 124 Å². The van der Waals surface area contributed by atoms with Crippen LogP contribution in [0.3, 0.4) is 0 Å². The number of esters is 1. The van der Waals surface area contributed by atoms with Crippen molar-refractivity contribution >= 4 is 26.8 Å². The summed E-state index contributed by atoms with van der Waals surface area (Å²) in [5.74, 6) is -0.609. The lowest BCUT2D eigenvalue weighted by molar-refractivity contribution is -0.139. The first kappa shape index (κ1) is 21.1. The Kier molecular flexibility index (Phi) is 5.09. The van der Waals surface area contributed by atoms with Crippen molar-refractivity contribution in [3.63, 3.8) is 0 Å². The molecule has 1 aliphatic heterocycles. The molecule has 1 unspecified atom stereocenters. The van der Waals surface area contributed by atoms with E-state index >= 15 is 0 Å². The predicted molar refractivity (Wildman–Crippen MR) is 119 cm³/mol. The van der Waals surface area contributed by atoms with E-state index in [4.69, 9.17) is 4.74 Å². The highest BCUT2D eigenvalue weighted by Gasteiger charge is 2.31. The number of carbonyl (C=O) groups is 1. The fraction of sp³-hybridized carbons (Fsp3) is 0.217. The van der Waals surface area contributed by atoms with E-state index in [1.165, 1.54) is 12.3 Å². The Morgan fingerprint density at radius 2 is 2.03 bits per heavy atom. The molecule has 168 valence electrons. The van der Waals surface area contributed by atoms with E-state index in [0.29, 0.717) is 46.4 Å². The number of sulfone groups is 1. The number of hydrogen-bond acceptors (Lipinski definition) is 8. The molecule has 1 fully saturated rings. The number of fused-ring (bicyclic) bond motifs is 1. The zero-order chi connectivity index (χ0) is 23.2. The second-order valence-electron chi connectivity index (χ2n) is 7.69. The normalized spacial score (nSPS) is 16.3. The molecule has 0 bridgehead atoms. The molecule has 9 nitrogen and oxygen atoms in total. The van der Waals surface area contributed by atoms with Gasteiger partial charge in [0, 0.05) is 18.0 Å². The highest BCUT2D eigenvalue weighted by molar-refractivity contribution is 7.91. The summed E-state index contributed by atoms with van der Waals surface area (Å²) in [4.78, 5) is 25.3. The third kappa shape index (κ3) is 3.62. The first-order valence-corrected chi connectivity index (χ1v) is 12.1. The summed E-state index contributed by atoms with van der Waals surface area (Å²) < 4.78 is 30.4. The minimum atomic E-state index is -3.45. The van der Waals surface area contributed by atoms with Crippen LogP contribution in [0.1, 0.15) is 24.8 Å². The summed E-state index contributed by atoms with van der Waals surface area (Å²) in [5.41, 5.74) is 3.35. The second-order valence-corrected chi connectivity index (χ2v) is 9.91. The van der Waals surface area contributed by atoms with Gasteiger partial charge in [-0.15, -0.1) is 0 Å². The maximum absolute atomic E-state index is 12.4. The number of pyridine rings is 2. The molecule has 4 heterocycles. The summed E-state index contributed by atoms with van der Waals surface area (Å²) in [7, 11) is -3.45. The summed E-state index contributed by atoms with van der Waals surface area (Å²) in [5, 5.41) is 10.8. The Bertz CT molecular complexity index is 1460. The number of aromatic nitrogens is 4. The van der Waals surface area contributed by atoms with Crippen LogP contribution in [0.15, 0.2) is 59.9 Å². The highest BCUT2D eigenvalue weighted by atomic mass is 32.2. The fourth-order valence-corrected chi connectivity index (χ4v) is 4.76. The molecule has 3 aromatic heterocycles. The monoisotopic (exact) mass is 464 g/mol. The van der Waals surface area contributed by atoms with E-state index in [1.807, 2.05) is 0 Å². The van der Waals surface area contributed by atoms with Crippen LogP contribution in [0.5, 0.6) is 0 Å². The Morgan fingerprint density at radius 1 is 1.18 bits per heavy atom. The molecule has 10 heteroatoms. The number of carbonyl (C=O) groups excluding carboxylic acids is 1. The van der Waals surface area contributed by atoms with Crippen LogP contribution in [-0.4, -0.2) is 51.6 Å². The molecule has 1 saturated heterocycles. The van der Waals surface area contributed by atoms with Gasteiger partial charge in [-0.3, -0.25) is 9.78 Å². The van der Waals surface area contributed by atoms with Gasteiger partial charge in [-0.1, -0.05) is 13.0 Å². The maximum Gasteiger partial charge on any atom is 0.313 e. The van der Waals surface area contributed by atoms with Crippen molar-refractivity contribution in [3.8, 4) is 22.6 Å². The summed E-state index contributed by atoms with van der Waals surface area (Å²) in [6.45, 7) is 1.88. The largest absolute Gasteiger partial charge is 0.465 e. The molecular formula is C23H20N4O5S. The minimum Gasteiger partial charge on any atom is -0.465 e.